The number of pyridine rings is 2. The zero-order chi connectivity index (χ0) is 36.1. The molecule has 1 aliphatic carbocycles. The lowest BCUT2D eigenvalue weighted by atomic mass is 9.94. The summed E-state index contributed by atoms with van der Waals surface area (Å²) in [6, 6.07) is 14.5. The van der Waals surface area contributed by atoms with Gasteiger partial charge in [-0.1, -0.05) is 18.2 Å². The third kappa shape index (κ3) is 7.39. The molecule has 2 saturated heterocycles. The van der Waals surface area contributed by atoms with E-state index in [9.17, 15) is 4.79 Å². The molecule has 4 aromatic heterocycles. The minimum Gasteiger partial charge on any atom is -0.383 e. The number of rotatable bonds is 13. The van der Waals surface area contributed by atoms with Crippen LogP contribution in [0.2, 0.25) is 0 Å². The monoisotopic (exact) mass is 712 g/mol. The Bertz CT molecular complexity index is 2030. The summed E-state index contributed by atoms with van der Waals surface area (Å²) in [5.74, 6) is 2.31. The highest BCUT2D eigenvalue weighted by molar-refractivity contribution is 5.95. The number of ether oxygens (including phenoxy) is 2. The Labute approximate surface area is 310 Å². The van der Waals surface area contributed by atoms with Crippen LogP contribution in [0.4, 0.5) is 0 Å². The summed E-state index contributed by atoms with van der Waals surface area (Å²) in [6.07, 6.45) is 14.5. The molecule has 1 unspecified atom stereocenters. The zero-order valence-electron chi connectivity index (χ0n) is 30.6. The number of H-pyrrole nitrogens is 2. The molecule has 0 amide bonds. The number of hydrogen-bond acceptors (Lipinski definition) is 9. The van der Waals surface area contributed by atoms with Gasteiger partial charge in [0.05, 0.1) is 41.9 Å². The molecule has 1 atom stereocenters. The Morgan fingerprint density at radius 3 is 1.72 bits per heavy atom. The Kier molecular flexibility index (Phi) is 10.7. The number of imidazole rings is 2. The van der Waals surface area contributed by atoms with Gasteiger partial charge < -0.3 is 34.0 Å². The first-order valence-electron chi connectivity index (χ1n) is 18.9. The number of aldehydes is 1. The van der Waals surface area contributed by atoms with Crippen molar-refractivity contribution in [3.05, 3.63) is 102 Å². The molecule has 8 rings (SSSR count). The first-order chi connectivity index (χ1) is 26.1. The normalized spacial score (nSPS) is 18.7. The summed E-state index contributed by atoms with van der Waals surface area (Å²) < 4.78 is 10.7. The summed E-state index contributed by atoms with van der Waals surface area (Å²) in [5.41, 5.74) is 9.73. The van der Waals surface area contributed by atoms with Crippen molar-refractivity contribution in [2.45, 2.75) is 43.4 Å². The van der Waals surface area contributed by atoms with Crippen molar-refractivity contribution in [1.82, 2.24) is 39.7 Å². The van der Waals surface area contributed by atoms with Crippen LogP contribution in [0.5, 0.6) is 0 Å². The molecule has 6 heterocycles. The average Bonchev–Trinajstić information content (AvgIpc) is 3.96. The molecule has 5 aromatic rings. The van der Waals surface area contributed by atoms with Gasteiger partial charge in [-0.2, -0.15) is 0 Å². The highest BCUT2D eigenvalue weighted by atomic mass is 16.5. The molecule has 0 bridgehead atoms. The topological polar surface area (TPSA) is 125 Å². The number of methoxy groups -OCH3 is 2. The second kappa shape index (κ2) is 16.1. The Balaban J connectivity index is 1.16. The predicted octanol–water partition coefficient (Wildman–Crippen LogP) is 6.30. The second-order valence-corrected chi connectivity index (χ2v) is 14.4. The number of benzene rings is 1. The maximum Gasteiger partial charge on any atom is 0.131 e. The molecule has 11 nitrogen and oxygen atoms in total. The Morgan fingerprint density at radius 2 is 1.21 bits per heavy atom. The van der Waals surface area contributed by atoms with Gasteiger partial charge in [0.1, 0.15) is 17.9 Å². The molecule has 2 N–H and O–H groups in total. The molecule has 53 heavy (non-hydrogen) atoms. The van der Waals surface area contributed by atoms with Crippen molar-refractivity contribution >= 4 is 11.9 Å². The van der Waals surface area contributed by atoms with E-state index in [4.69, 9.17) is 19.4 Å². The van der Waals surface area contributed by atoms with Crippen LogP contribution in [0.25, 0.3) is 39.3 Å². The average molecular weight is 713 g/mol. The van der Waals surface area contributed by atoms with Gasteiger partial charge in [-0.25, -0.2) is 9.97 Å². The second-order valence-electron chi connectivity index (χ2n) is 14.4. The third-order valence-electron chi connectivity index (χ3n) is 11.3. The molecule has 0 spiro atoms. The molecule has 0 saturated carbocycles. The van der Waals surface area contributed by atoms with Gasteiger partial charge in [-0.15, -0.1) is 0 Å². The smallest absolute Gasteiger partial charge is 0.131 e. The fourth-order valence-electron chi connectivity index (χ4n) is 8.24. The van der Waals surface area contributed by atoms with Crippen molar-refractivity contribution in [3.8, 4) is 33.8 Å². The van der Waals surface area contributed by atoms with Crippen LogP contribution in [0.15, 0.2) is 73.3 Å². The maximum atomic E-state index is 12.6. The van der Waals surface area contributed by atoms with Crippen molar-refractivity contribution in [1.29, 1.82) is 0 Å². The number of likely N-dealkylation sites (tertiary alicyclic amines) is 2. The SMILES string of the molecule is COCCN1CCC(c2nc(C3=CC(C=O)c4ccc(-c5nc(C6CCN(CCOC)CC6)[nH]c5-c5ccncc5)cc43)c(-c3ccncc3)[nH]2)CC1. The van der Waals surface area contributed by atoms with Gasteiger partial charge in [0, 0.05) is 86.2 Å². The summed E-state index contributed by atoms with van der Waals surface area (Å²) in [5, 5.41) is 0. The van der Waals surface area contributed by atoms with Gasteiger partial charge in [-0.05, 0) is 93.3 Å². The molecular weight excluding hydrogens is 665 g/mol. The largest absolute Gasteiger partial charge is 0.383 e. The summed E-state index contributed by atoms with van der Waals surface area (Å²) in [4.78, 5) is 44.3. The van der Waals surface area contributed by atoms with E-state index in [1.807, 2.05) is 49.1 Å². The predicted molar refractivity (Wildman–Crippen MR) is 206 cm³/mol. The fourth-order valence-corrected chi connectivity index (χ4v) is 8.24. The van der Waals surface area contributed by atoms with Crippen LogP contribution < -0.4 is 0 Å². The van der Waals surface area contributed by atoms with Gasteiger partial charge in [0.2, 0.25) is 0 Å². The number of nitrogens with zero attached hydrogens (tertiary/aromatic N) is 6. The fraction of sp³-hybridized carbons (Fsp3) is 0.405. The lowest BCUT2D eigenvalue weighted by Gasteiger charge is -2.30. The van der Waals surface area contributed by atoms with Gasteiger partial charge >= 0.3 is 0 Å². The molecule has 2 fully saturated rings. The minimum atomic E-state index is -0.360. The van der Waals surface area contributed by atoms with Crippen LogP contribution >= 0.6 is 0 Å². The Morgan fingerprint density at radius 1 is 0.698 bits per heavy atom. The lowest BCUT2D eigenvalue weighted by molar-refractivity contribution is -0.108. The zero-order valence-corrected chi connectivity index (χ0v) is 30.6. The van der Waals surface area contributed by atoms with Crippen molar-refractivity contribution < 1.29 is 14.3 Å². The van der Waals surface area contributed by atoms with E-state index in [1.165, 1.54) is 0 Å². The van der Waals surface area contributed by atoms with E-state index in [0.29, 0.717) is 11.8 Å². The van der Waals surface area contributed by atoms with Gasteiger partial charge in [0.25, 0.3) is 0 Å². The van der Waals surface area contributed by atoms with E-state index in [1.54, 1.807) is 14.2 Å². The van der Waals surface area contributed by atoms with Crippen LogP contribution in [0.3, 0.4) is 0 Å². The number of carbonyl (C=O) groups excluding carboxylic acids is 1. The number of nitrogens with one attached hydrogen (secondary N) is 2. The van der Waals surface area contributed by atoms with E-state index < -0.39 is 0 Å². The standard InChI is InChI=1S/C42H48N8O3/c1-52-23-21-49-17-9-30(10-18-49)41-45-37(28-5-13-43-14-6-28)39(47-41)32-3-4-34-33(27-51)26-36(35(34)25-32)40-38(29-7-15-44-16-8-29)46-42(48-40)31-11-19-50(20-12-31)22-24-53-2/h3-8,13-16,25-27,30-31,33H,9-12,17-24H2,1-2H3,(H,45,47)(H,46,48). The lowest BCUT2D eigenvalue weighted by Crippen LogP contribution is -2.35. The minimum absolute atomic E-state index is 0.315. The summed E-state index contributed by atoms with van der Waals surface area (Å²) in [6.45, 7) is 7.45. The van der Waals surface area contributed by atoms with E-state index >= 15 is 0 Å². The van der Waals surface area contributed by atoms with Crippen LogP contribution in [-0.4, -0.2) is 113 Å². The maximum absolute atomic E-state index is 12.6. The molecule has 0 radical (unpaired) electrons. The van der Waals surface area contributed by atoms with Crippen molar-refractivity contribution in [2.75, 3.05) is 66.7 Å². The van der Waals surface area contributed by atoms with Crippen LogP contribution in [-0.2, 0) is 14.3 Å². The van der Waals surface area contributed by atoms with E-state index in [-0.39, 0.29) is 5.92 Å². The highest BCUT2D eigenvalue weighted by Crippen LogP contribution is 2.45. The molecule has 274 valence electrons. The van der Waals surface area contributed by atoms with Crippen LogP contribution in [0.1, 0.15) is 71.9 Å². The van der Waals surface area contributed by atoms with Gasteiger partial charge in [0.15, 0.2) is 0 Å². The van der Waals surface area contributed by atoms with Crippen LogP contribution in [0, 0.1) is 0 Å². The third-order valence-corrected chi connectivity index (χ3v) is 11.3. The van der Waals surface area contributed by atoms with E-state index in [0.717, 1.165) is 152 Å². The van der Waals surface area contributed by atoms with Gasteiger partial charge in [-0.3, -0.25) is 9.97 Å². The first kappa shape index (κ1) is 35.2. The first-order valence-corrected chi connectivity index (χ1v) is 18.9. The summed E-state index contributed by atoms with van der Waals surface area (Å²) >= 11 is 0. The number of allylic oxidation sites excluding steroid dienone is 1. The number of fused-ring (bicyclic) bond motifs is 1. The quantitative estimate of drug-likeness (QED) is 0.135. The van der Waals surface area contributed by atoms with Crippen molar-refractivity contribution in [2.24, 2.45) is 0 Å². The number of piperidine rings is 2. The van der Waals surface area contributed by atoms with Crippen molar-refractivity contribution in [3.63, 3.8) is 0 Å². The molecule has 1 aromatic carbocycles. The number of aromatic amines is 2. The molecular formula is C42H48N8O3. The number of carbonyl (C=O) groups is 1. The summed E-state index contributed by atoms with van der Waals surface area (Å²) in [7, 11) is 3.52. The highest BCUT2D eigenvalue weighted by Gasteiger charge is 2.32. The number of aromatic nitrogens is 6. The Hall–Kier alpha value is -4.81. The van der Waals surface area contributed by atoms with E-state index in [2.05, 4.69) is 54.0 Å². The number of hydrogen-bond donors (Lipinski definition) is 2. The molecule has 3 aliphatic rings. The molecule has 11 heteroatoms. The molecule has 2 aliphatic heterocycles.